The molecular formula is C20H26N4O4. The summed E-state index contributed by atoms with van der Waals surface area (Å²) in [4.78, 5) is 31.5. The number of rotatable bonds is 8. The summed E-state index contributed by atoms with van der Waals surface area (Å²) in [6.45, 7) is 7.72. The Morgan fingerprint density at radius 1 is 1.43 bits per heavy atom. The van der Waals surface area contributed by atoms with E-state index in [9.17, 15) is 9.59 Å². The zero-order valence-electron chi connectivity index (χ0n) is 16.7. The van der Waals surface area contributed by atoms with Gasteiger partial charge >= 0.3 is 0 Å². The number of hydrogen-bond acceptors (Lipinski definition) is 6. The van der Waals surface area contributed by atoms with Crippen molar-refractivity contribution in [1.29, 1.82) is 0 Å². The van der Waals surface area contributed by atoms with Crippen LogP contribution in [0.5, 0.6) is 0 Å². The molecule has 0 saturated heterocycles. The van der Waals surface area contributed by atoms with Gasteiger partial charge in [0.15, 0.2) is 0 Å². The van der Waals surface area contributed by atoms with E-state index in [0.717, 1.165) is 12.2 Å². The second-order valence-electron chi connectivity index (χ2n) is 6.94. The molecule has 0 spiro atoms. The molecule has 1 unspecified atom stereocenters. The minimum atomic E-state index is -0.330. The minimum Gasteiger partial charge on any atom is -0.468 e. The molecule has 0 saturated carbocycles. The second-order valence-corrected chi connectivity index (χ2v) is 6.94. The van der Waals surface area contributed by atoms with E-state index in [4.69, 9.17) is 8.83 Å². The highest BCUT2D eigenvalue weighted by Crippen LogP contribution is 2.20. The fourth-order valence-electron chi connectivity index (χ4n) is 3.18. The van der Waals surface area contributed by atoms with E-state index in [0.29, 0.717) is 31.4 Å². The molecule has 0 aliphatic heterocycles. The Hall–Kier alpha value is -2.87. The average Bonchev–Trinajstić information content (AvgIpc) is 3.30. The van der Waals surface area contributed by atoms with Crippen LogP contribution in [0.25, 0.3) is 11.1 Å². The lowest BCUT2D eigenvalue weighted by atomic mass is 10.1. The number of nitrogens with one attached hydrogen (secondary N) is 1. The van der Waals surface area contributed by atoms with E-state index >= 15 is 0 Å². The summed E-state index contributed by atoms with van der Waals surface area (Å²) < 4.78 is 12.3. The highest BCUT2D eigenvalue weighted by molar-refractivity contribution is 6.06. The Morgan fingerprint density at radius 2 is 2.21 bits per heavy atom. The van der Waals surface area contributed by atoms with E-state index in [2.05, 4.69) is 29.0 Å². The summed E-state index contributed by atoms with van der Waals surface area (Å²) in [7, 11) is 1.59. The van der Waals surface area contributed by atoms with Crippen LogP contribution in [0.2, 0.25) is 0 Å². The summed E-state index contributed by atoms with van der Waals surface area (Å²) in [5.41, 5.74) is 0.140. The van der Waals surface area contributed by atoms with Crippen molar-refractivity contribution < 1.29 is 13.6 Å². The van der Waals surface area contributed by atoms with Crippen molar-refractivity contribution in [1.82, 2.24) is 19.8 Å². The zero-order valence-corrected chi connectivity index (χ0v) is 16.7. The van der Waals surface area contributed by atoms with E-state index in [1.165, 1.54) is 10.9 Å². The number of aryl methyl sites for hydroxylation is 2. The number of carbonyl (C=O) groups is 1. The Labute approximate surface area is 163 Å². The first kappa shape index (κ1) is 19.9. The molecular weight excluding hydrogens is 360 g/mol. The number of nitrogens with zero attached hydrogens (tertiary/aromatic N) is 3. The van der Waals surface area contributed by atoms with Crippen LogP contribution in [-0.2, 0) is 13.6 Å². The second kappa shape index (κ2) is 8.43. The van der Waals surface area contributed by atoms with Crippen molar-refractivity contribution in [2.75, 3.05) is 13.1 Å². The van der Waals surface area contributed by atoms with Crippen LogP contribution < -0.4 is 10.9 Å². The van der Waals surface area contributed by atoms with Crippen LogP contribution >= 0.6 is 0 Å². The van der Waals surface area contributed by atoms with Gasteiger partial charge in [-0.25, -0.2) is 4.98 Å². The van der Waals surface area contributed by atoms with Gasteiger partial charge in [0.1, 0.15) is 23.2 Å². The lowest BCUT2D eigenvalue weighted by molar-refractivity contribution is 0.0941. The largest absolute Gasteiger partial charge is 0.468 e. The van der Waals surface area contributed by atoms with Gasteiger partial charge in [-0.3, -0.25) is 14.5 Å². The number of fused-ring (bicyclic) bond motifs is 1. The third-order valence-electron chi connectivity index (χ3n) is 5.01. The van der Waals surface area contributed by atoms with Gasteiger partial charge in [0, 0.05) is 26.2 Å². The number of amides is 1. The molecule has 0 aromatic carbocycles. The van der Waals surface area contributed by atoms with E-state index in [1.54, 1.807) is 20.2 Å². The Bertz CT molecular complexity index is 1000. The van der Waals surface area contributed by atoms with Crippen molar-refractivity contribution in [3.63, 3.8) is 0 Å². The molecule has 3 rings (SSSR count). The Kier molecular flexibility index (Phi) is 5.99. The molecule has 1 atom stereocenters. The van der Waals surface area contributed by atoms with Crippen LogP contribution in [0.3, 0.4) is 0 Å². The average molecular weight is 386 g/mol. The molecule has 1 amide bonds. The molecule has 3 aromatic heterocycles. The Balaban J connectivity index is 1.71. The maximum atomic E-state index is 12.8. The lowest BCUT2D eigenvalue weighted by Crippen LogP contribution is -2.39. The van der Waals surface area contributed by atoms with Crippen LogP contribution in [0.1, 0.15) is 42.1 Å². The molecule has 0 fully saturated rings. The third-order valence-corrected chi connectivity index (χ3v) is 5.01. The van der Waals surface area contributed by atoms with Crippen LogP contribution in [-0.4, -0.2) is 39.5 Å². The molecule has 0 radical (unpaired) electrons. The van der Waals surface area contributed by atoms with Gasteiger partial charge in [-0.2, -0.15) is 0 Å². The first-order valence-electron chi connectivity index (χ1n) is 9.41. The van der Waals surface area contributed by atoms with Gasteiger partial charge in [-0.15, -0.1) is 0 Å². The van der Waals surface area contributed by atoms with Crippen LogP contribution in [0.4, 0.5) is 0 Å². The quantitative estimate of drug-likeness (QED) is 0.639. The van der Waals surface area contributed by atoms with Gasteiger partial charge in [-0.05, 0) is 32.4 Å². The maximum absolute atomic E-state index is 12.8. The molecule has 3 aromatic rings. The van der Waals surface area contributed by atoms with Crippen molar-refractivity contribution in [2.24, 2.45) is 7.05 Å². The van der Waals surface area contributed by atoms with Crippen molar-refractivity contribution in [2.45, 2.75) is 39.8 Å². The molecule has 8 nitrogen and oxygen atoms in total. The summed E-state index contributed by atoms with van der Waals surface area (Å²) >= 11 is 0. The van der Waals surface area contributed by atoms with Gasteiger partial charge in [0.2, 0.25) is 5.71 Å². The first-order chi connectivity index (χ1) is 13.4. The fraction of sp³-hybridized carbons (Fsp3) is 0.450. The topological polar surface area (TPSA) is 93.5 Å². The van der Waals surface area contributed by atoms with Crippen molar-refractivity contribution >= 4 is 17.0 Å². The zero-order chi connectivity index (χ0) is 20.3. The SMILES string of the molecule is CCC(C)N(CCNC(=O)c1c(C)oc2ncn(C)c(=O)c12)Cc1ccco1. The molecule has 8 heteroatoms. The van der Waals surface area contributed by atoms with E-state index in [1.807, 2.05) is 12.1 Å². The predicted octanol–water partition coefficient (Wildman–Crippen LogP) is 2.46. The smallest absolute Gasteiger partial charge is 0.265 e. The summed E-state index contributed by atoms with van der Waals surface area (Å²) in [5, 5.41) is 3.12. The highest BCUT2D eigenvalue weighted by atomic mass is 16.3. The van der Waals surface area contributed by atoms with Gasteiger partial charge in [0.25, 0.3) is 11.5 Å². The number of aromatic nitrogens is 2. The molecule has 28 heavy (non-hydrogen) atoms. The van der Waals surface area contributed by atoms with Crippen LogP contribution in [0.15, 0.2) is 38.4 Å². The summed E-state index contributed by atoms with van der Waals surface area (Å²) in [6, 6.07) is 4.15. The third kappa shape index (κ3) is 4.01. The van der Waals surface area contributed by atoms with Gasteiger partial charge < -0.3 is 18.7 Å². The Morgan fingerprint density at radius 3 is 2.89 bits per heavy atom. The number of hydrogen-bond donors (Lipinski definition) is 1. The van der Waals surface area contributed by atoms with E-state index < -0.39 is 0 Å². The molecule has 3 heterocycles. The molecule has 0 aliphatic carbocycles. The normalized spacial score (nSPS) is 12.6. The summed E-state index contributed by atoms with van der Waals surface area (Å²) in [5.74, 6) is 0.944. The fourth-order valence-corrected chi connectivity index (χ4v) is 3.18. The lowest BCUT2D eigenvalue weighted by Gasteiger charge is -2.27. The van der Waals surface area contributed by atoms with Crippen LogP contribution in [0, 0.1) is 6.92 Å². The monoisotopic (exact) mass is 386 g/mol. The number of furan rings is 2. The van der Waals surface area contributed by atoms with E-state index in [-0.39, 0.29) is 28.1 Å². The molecule has 1 N–H and O–H groups in total. The summed E-state index contributed by atoms with van der Waals surface area (Å²) in [6.07, 6.45) is 4.03. The molecule has 150 valence electrons. The van der Waals surface area contributed by atoms with Crippen molar-refractivity contribution in [3.8, 4) is 0 Å². The predicted molar refractivity (Wildman–Crippen MR) is 105 cm³/mol. The van der Waals surface area contributed by atoms with Gasteiger partial charge in [0.05, 0.1) is 18.4 Å². The first-order valence-corrected chi connectivity index (χ1v) is 9.41. The van der Waals surface area contributed by atoms with Crippen molar-refractivity contribution in [3.05, 3.63) is 52.2 Å². The standard InChI is InChI=1S/C20H26N4O4/c1-5-13(2)24(11-15-7-6-10-27-15)9-8-21-18(25)16-14(3)28-19-17(16)20(26)23(4)12-22-19/h6-7,10,12-13H,5,8-9,11H2,1-4H3,(H,21,25). The highest BCUT2D eigenvalue weighted by Gasteiger charge is 2.22. The maximum Gasteiger partial charge on any atom is 0.265 e. The minimum absolute atomic E-state index is 0.185. The van der Waals surface area contributed by atoms with Gasteiger partial charge in [-0.1, -0.05) is 6.92 Å². The number of carbonyl (C=O) groups excluding carboxylic acids is 1. The molecule has 0 aliphatic rings. The molecule has 0 bridgehead atoms.